The zero-order valence-corrected chi connectivity index (χ0v) is 14.0. The van der Waals surface area contributed by atoms with Gasteiger partial charge in [-0.3, -0.25) is 14.1 Å². The molecule has 24 heavy (non-hydrogen) atoms. The van der Waals surface area contributed by atoms with Crippen molar-refractivity contribution in [2.24, 2.45) is 5.92 Å². The van der Waals surface area contributed by atoms with Crippen LogP contribution < -0.4 is 0 Å². The van der Waals surface area contributed by atoms with Crippen LogP contribution >= 0.6 is 0 Å². The number of fused-ring (bicyclic) bond motifs is 1. The standard InChI is InChI=1S/C17H23N5O2/c1-2-13-10-22(12-15(13)20-6-8-24-9-7-20)16(23)14-11-21-5-3-4-18-17(21)19-14/h3-5,11,13,15H,2,6-10,12H2,1H3. The van der Waals surface area contributed by atoms with E-state index in [1.54, 1.807) is 16.8 Å². The summed E-state index contributed by atoms with van der Waals surface area (Å²) >= 11 is 0. The lowest BCUT2D eigenvalue weighted by Crippen LogP contribution is -2.47. The molecule has 7 heteroatoms. The van der Waals surface area contributed by atoms with Gasteiger partial charge in [-0.1, -0.05) is 13.3 Å². The number of carbonyl (C=O) groups excluding carboxylic acids is 1. The molecule has 2 fully saturated rings. The fourth-order valence-electron chi connectivity index (χ4n) is 3.84. The van der Waals surface area contributed by atoms with Gasteiger partial charge in [0.1, 0.15) is 5.69 Å². The number of aromatic nitrogens is 3. The number of imidazole rings is 1. The Hall–Kier alpha value is -1.99. The van der Waals surface area contributed by atoms with Crippen molar-refractivity contribution in [2.75, 3.05) is 39.4 Å². The van der Waals surface area contributed by atoms with Crippen molar-refractivity contribution in [1.82, 2.24) is 24.2 Å². The highest BCUT2D eigenvalue weighted by atomic mass is 16.5. The van der Waals surface area contributed by atoms with Crippen LogP contribution in [0.4, 0.5) is 0 Å². The summed E-state index contributed by atoms with van der Waals surface area (Å²) in [5.74, 6) is 1.09. The maximum atomic E-state index is 12.9. The van der Waals surface area contributed by atoms with Crippen molar-refractivity contribution >= 4 is 11.7 Å². The molecule has 0 N–H and O–H groups in total. The van der Waals surface area contributed by atoms with E-state index >= 15 is 0 Å². The first-order valence-corrected chi connectivity index (χ1v) is 8.67. The van der Waals surface area contributed by atoms with Crippen LogP contribution in [-0.2, 0) is 4.74 Å². The lowest BCUT2D eigenvalue weighted by molar-refractivity contribution is 0.0102. The zero-order chi connectivity index (χ0) is 16.5. The van der Waals surface area contributed by atoms with Crippen molar-refractivity contribution < 1.29 is 9.53 Å². The van der Waals surface area contributed by atoms with Gasteiger partial charge in [0.15, 0.2) is 0 Å². The number of amides is 1. The van der Waals surface area contributed by atoms with Crippen LogP contribution in [0, 0.1) is 5.92 Å². The molecule has 1 amide bonds. The Balaban J connectivity index is 1.52. The van der Waals surface area contributed by atoms with E-state index in [4.69, 9.17) is 4.74 Å². The van der Waals surface area contributed by atoms with Crippen molar-refractivity contribution in [2.45, 2.75) is 19.4 Å². The SMILES string of the molecule is CCC1CN(C(=O)c2cn3cccnc3n2)CC1N1CCOCC1. The van der Waals surface area contributed by atoms with Crippen molar-refractivity contribution in [3.05, 3.63) is 30.4 Å². The summed E-state index contributed by atoms with van der Waals surface area (Å²) in [6, 6.07) is 2.26. The zero-order valence-electron chi connectivity index (χ0n) is 14.0. The van der Waals surface area contributed by atoms with Crippen LogP contribution in [0.5, 0.6) is 0 Å². The van der Waals surface area contributed by atoms with Gasteiger partial charge in [0, 0.05) is 50.8 Å². The van der Waals surface area contributed by atoms with Crippen LogP contribution in [0.15, 0.2) is 24.7 Å². The predicted molar refractivity (Wildman–Crippen MR) is 88.9 cm³/mol. The van der Waals surface area contributed by atoms with Crippen LogP contribution in [0.2, 0.25) is 0 Å². The van der Waals surface area contributed by atoms with Gasteiger partial charge in [0.25, 0.3) is 5.91 Å². The molecule has 0 saturated carbocycles. The minimum atomic E-state index is 0.00899. The smallest absolute Gasteiger partial charge is 0.274 e. The second kappa shape index (κ2) is 6.49. The molecule has 2 unspecified atom stereocenters. The average molecular weight is 329 g/mol. The molecular formula is C17H23N5O2. The average Bonchev–Trinajstić information content (AvgIpc) is 3.26. The van der Waals surface area contributed by atoms with Crippen LogP contribution in [0.1, 0.15) is 23.8 Å². The second-order valence-corrected chi connectivity index (χ2v) is 6.55. The second-order valence-electron chi connectivity index (χ2n) is 6.55. The Morgan fingerprint density at radius 1 is 1.33 bits per heavy atom. The minimum Gasteiger partial charge on any atom is -0.379 e. The minimum absolute atomic E-state index is 0.00899. The van der Waals surface area contributed by atoms with E-state index in [0.717, 1.165) is 45.8 Å². The quantitative estimate of drug-likeness (QED) is 0.838. The van der Waals surface area contributed by atoms with E-state index in [1.165, 1.54) is 0 Å². The Bertz CT molecular complexity index is 692. The highest BCUT2D eigenvalue weighted by Crippen LogP contribution is 2.26. The molecule has 4 heterocycles. The summed E-state index contributed by atoms with van der Waals surface area (Å²) in [5, 5.41) is 0. The molecule has 0 aromatic carbocycles. The van der Waals surface area contributed by atoms with Crippen LogP contribution in [0.3, 0.4) is 0 Å². The third kappa shape index (κ3) is 2.78. The van der Waals surface area contributed by atoms with Gasteiger partial charge >= 0.3 is 0 Å². The first kappa shape index (κ1) is 15.5. The highest BCUT2D eigenvalue weighted by molar-refractivity contribution is 5.93. The first-order chi connectivity index (χ1) is 11.8. The molecule has 2 atom stereocenters. The number of carbonyl (C=O) groups is 1. The molecule has 2 aliphatic rings. The molecule has 0 bridgehead atoms. The van der Waals surface area contributed by atoms with Crippen LogP contribution in [0.25, 0.3) is 5.78 Å². The third-order valence-electron chi connectivity index (χ3n) is 5.19. The van der Waals surface area contributed by atoms with Gasteiger partial charge in [0.05, 0.1) is 13.2 Å². The molecule has 2 saturated heterocycles. The molecule has 2 aromatic heterocycles. The Morgan fingerprint density at radius 2 is 2.17 bits per heavy atom. The Morgan fingerprint density at radius 3 is 2.92 bits per heavy atom. The molecule has 128 valence electrons. The Labute approximate surface area is 141 Å². The van der Waals surface area contributed by atoms with Crippen molar-refractivity contribution in [3.8, 4) is 0 Å². The van der Waals surface area contributed by atoms with Crippen LogP contribution in [-0.4, -0.2) is 75.5 Å². The van der Waals surface area contributed by atoms with E-state index in [0.29, 0.717) is 23.4 Å². The lowest BCUT2D eigenvalue weighted by atomic mass is 9.99. The maximum absolute atomic E-state index is 12.9. The number of likely N-dealkylation sites (tertiary alicyclic amines) is 1. The number of ether oxygens (including phenoxy) is 1. The fourth-order valence-corrected chi connectivity index (χ4v) is 3.84. The van der Waals surface area contributed by atoms with Gasteiger partial charge < -0.3 is 9.64 Å². The molecule has 0 aliphatic carbocycles. The largest absolute Gasteiger partial charge is 0.379 e. The predicted octanol–water partition coefficient (Wildman–Crippen LogP) is 0.912. The summed E-state index contributed by atoms with van der Waals surface area (Å²) in [6.07, 6.45) is 6.40. The molecule has 2 aromatic rings. The summed E-state index contributed by atoms with van der Waals surface area (Å²) in [5.41, 5.74) is 0.478. The van der Waals surface area contributed by atoms with Gasteiger partial charge in [-0.2, -0.15) is 0 Å². The van der Waals surface area contributed by atoms with E-state index in [2.05, 4.69) is 21.8 Å². The van der Waals surface area contributed by atoms with Crippen molar-refractivity contribution in [3.63, 3.8) is 0 Å². The van der Waals surface area contributed by atoms with Gasteiger partial charge in [-0.15, -0.1) is 0 Å². The third-order valence-corrected chi connectivity index (χ3v) is 5.19. The van der Waals surface area contributed by atoms with Gasteiger partial charge in [-0.25, -0.2) is 9.97 Å². The Kier molecular flexibility index (Phi) is 4.20. The number of hydrogen-bond acceptors (Lipinski definition) is 5. The van der Waals surface area contributed by atoms with E-state index in [1.807, 2.05) is 17.2 Å². The molecule has 2 aliphatic heterocycles. The highest BCUT2D eigenvalue weighted by Gasteiger charge is 2.38. The number of morpholine rings is 1. The molecule has 4 rings (SSSR count). The summed E-state index contributed by atoms with van der Waals surface area (Å²) in [4.78, 5) is 25.9. The van der Waals surface area contributed by atoms with E-state index in [-0.39, 0.29) is 5.91 Å². The van der Waals surface area contributed by atoms with Gasteiger partial charge in [-0.05, 0) is 12.0 Å². The number of hydrogen-bond donors (Lipinski definition) is 0. The molecule has 0 radical (unpaired) electrons. The lowest BCUT2D eigenvalue weighted by Gasteiger charge is -2.34. The normalized spacial score (nSPS) is 25.5. The summed E-state index contributed by atoms with van der Waals surface area (Å²) < 4.78 is 7.26. The summed E-state index contributed by atoms with van der Waals surface area (Å²) in [6.45, 7) is 7.29. The molecule has 0 spiro atoms. The summed E-state index contributed by atoms with van der Waals surface area (Å²) in [7, 11) is 0. The van der Waals surface area contributed by atoms with Crippen molar-refractivity contribution in [1.29, 1.82) is 0 Å². The molecular weight excluding hydrogens is 306 g/mol. The fraction of sp³-hybridized carbons (Fsp3) is 0.588. The first-order valence-electron chi connectivity index (χ1n) is 8.67. The molecule has 7 nitrogen and oxygen atoms in total. The van der Waals surface area contributed by atoms with Gasteiger partial charge in [0.2, 0.25) is 5.78 Å². The topological polar surface area (TPSA) is 63.0 Å². The van der Waals surface area contributed by atoms with E-state index in [9.17, 15) is 4.79 Å². The monoisotopic (exact) mass is 329 g/mol. The number of nitrogens with zero attached hydrogens (tertiary/aromatic N) is 5. The van der Waals surface area contributed by atoms with E-state index < -0.39 is 0 Å². The maximum Gasteiger partial charge on any atom is 0.274 e. The number of rotatable bonds is 3.